The van der Waals surface area contributed by atoms with Crippen LogP contribution in [0.5, 0.6) is 0 Å². The predicted octanol–water partition coefficient (Wildman–Crippen LogP) is -0.165. The van der Waals surface area contributed by atoms with E-state index in [1.54, 1.807) is 5.48 Å². The summed E-state index contributed by atoms with van der Waals surface area (Å²) in [5.74, 6) is 0. The number of nitrogens with one attached hydrogen (secondary N) is 1. The van der Waals surface area contributed by atoms with E-state index in [2.05, 4.69) is 0 Å². The second kappa shape index (κ2) is 5.61. The Morgan fingerprint density at radius 1 is 1.40 bits per heavy atom. The lowest BCUT2D eigenvalue weighted by molar-refractivity contribution is -0.0281. The molecule has 2 atom stereocenters. The molecule has 0 aliphatic rings. The molecular weight excluding hydrogens is 134 g/mol. The summed E-state index contributed by atoms with van der Waals surface area (Å²) in [6.07, 6.45) is 0.156. The van der Waals surface area contributed by atoms with Crippen LogP contribution in [0.1, 0.15) is 26.2 Å². The fraction of sp³-hybridized carbons (Fsp3) is 1.00. The average molecular weight is 149 g/mol. The van der Waals surface area contributed by atoms with Gasteiger partial charge in [-0.25, -0.2) is 0 Å². The van der Waals surface area contributed by atoms with Crippen molar-refractivity contribution in [1.29, 1.82) is 0 Å². The molecule has 0 bridgehead atoms. The van der Waals surface area contributed by atoms with Crippen molar-refractivity contribution >= 4 is 0 Å². The van der Waals surface area contributed by atoms with Crippen molar-refractivity contribution in [3.05, 3.63) is 0 Å². The number of aliphatic hydroxyl groups excluding tert-OH is 2. The summed E-state index contributed by atoms with van der Waals surface area (Å²) in [4.78, 5) is 0. The van der Waals surface area contributed by atoms with Crippen LogP contribution >= 0.6 is 0 Å². The van der Waals surface area contributed by atoms with Crippen molar-refractivity contribution in [2.45, 2.75) is 38.5 Å². The normalized spacial score (nSPS) is 16.8. The first-order valence-corrected chi connectivity index (χ1v) is 3.46. The van der Waals surface area contributed by atoms with Crippen LogP contribution in [-0.4, -0.2) is 27.8 Å². The first kappa shape index (κ1) is 9.84. The van der Waals surface area contributed by atoms with Crippen LogP contribution in [0.3, 0.4) is 0 Å². The maximum Gasteiger partial charge on any atom is 0.129 e. The summed E-state index contributed by atoms with van der Waals surface area (Å²) >= 11 is 0. The molecule has 10 heavy (non-hydrogen) atoms. The SMILES string of the molecule is CCCC(O)CC(O)NO. The monoisotopic (exact) mass is 149 g/mol. The van der Waals surface area contributed by atoms with Crippen LogP contribution in [0.4, 0.5) is 0 Å². The predicted molar refractivity (Wildman–Crippen MR) is 36.5 cm³/mol. The number of rotatable bonds is 5. The summed E-state index contributed by atoms with van der Waals surface area (Å²) in [5, 5.41) is 25.9. The molecule has 0 aromatic rings. The Hall–Kier alpha value is -0.160. The van der Waals surface area contributed by atoms with Gasteiger partial charge in [0, 0.05) is 6.42 Å². The Balaban J connectivity index is 3.27. The van der Waals surface area contributed by atoms with Crippen molar-refractivity contribution in [3.63, 3.8) is 0 Å². The van der Waals surface area contributed by atoms with E-state index < -0.39 is 12.3 Å². The van der Waals surface area contributed by atoms with E-state index in [1.807, 2.05) is 6.92 Å². The summed E-state index contributed by atoms with van der Waals surface area (Å²) in [7, 11) is 0. The molecule has 0 amide bonds. The van der Waals surface area contributed by atoms with Crippen molar-refractivity contribution in [3.8, 4) is 0 Å². The lowest BCUT2D eigenvalue weighted by Crippen LogP contribution is -2.29. The maximum absolute atomic E-state index is 9.04. The number of hydrogen-bond donors (Lipinski definition) is 4. The minimum atomic E-state index is -1.01. The molecule has 0 rings (SSSR count). The van der Waals surface area contributed by atoms with Gasteiger partial charge in [-0.3, -0.25) is 0 Å². The van der Waals surface area contributed by atoms with Gasteiger partial charge in [0.25, 0.3) is 0 Å². The molecule has 0 aromatic heterocycles. The molecule has 0 heterocycles. The van der Waals surface area contributed by atoms with E-state index in [0.717, 1.165) is 6.42 Å². The lowest BCUT2D eigenvalue weighted by atomic mass is 10.1. The van der Waals surface area contributed by atoms with E-state index in [4.69, 9.17) is 15.4 Å². The summed E-state index contributed by atoms with van der Waals surface area (Å²) in [6.45, 7) is 1.95. The molecular formula is C6H15NO3. The van der Waals surface area contributed by atoms with Crippen LogP contribution in [0.15, 0.2) is 0 Å². The number of aliphatic hydroxyl groups is 2. The van der Waals surface area contributed by atoms with E-state index in [1.165, 1.54) is 0 Å². The highest BCUT2D eigenvalue weighted by Crippen LogP contribution is 2.02. The molecule has 62 valence electrons. The Morgan fingerprint density at radius 3 is 2.40 bits per heavy atom. The van der Waals surface area contributed by atoms with Crippen LogP contribution < -0.4 is 5.48 Å². The lowest BCUT2D eigenvalue weighted by Gasteiger charge is -2.12. The Kier molecular flexibility index (Phi) is 5.52. The quantitative estimate of drug-likeness (QED) is 0.323. The van der Waals surface area contributed by atoms with Crippen molar-refractivity contribution in [2.75, 3.05) is 0 Å². The van der Waals surface area contributed by atoms with Gasteiger partial charge in [-0.1, -0.05) is 13.3 Å². The third-order valence-electron chi connectivity index (χ3n) is 1.27. The van der Waals surface area contributed by atoms with Crippen LogP contribution in [0.2, 0.25) is 0 Å². The Labute approximate surface area is 60.5 Å². The number of hydrogen-bond acceptors (Lipinski definition) is 4. The summed E-state index contributed by atoms with van der Waals surface area (Å²) in [6, 6.07) is 0. The van der Waals surface area contributed by atoms with Gasteiger partial charge >= 0.3 is 0 Å². The highest BCUT2D eigenvalue weighted by molar-refractivity contribution is 4.57. The molecule has 0 aliphatic heterocycles. The zero-order chi connectivity index (χ0) is 7.98. The maximum atomic E-state index is 9.04. The standard InChI is InChI=1S/C6H15NO3/c1-2-3-5(8)4-6(9)7-10/h5-10H,2-4H2,1H3. The molecule has 0 aromatic carbocycles. The highest BCUT2D eigenvalue weighted by atomic mass is 16.5. The topological polar surface area (TPSA) is 72.7 Å². The van der Waals surface area contributed by atoms with Gasteiger partial charge in [-0.2, -0.15) is 5.48 Å². The number of hydroxylamine groups is 1. The van der Waals surface area contributed by atoms with Gasteiger partial charge in [-0.15, -0.1) is 0 Å². The van der Waals surface area contributed by atoms with Gasteiger partial charge in [0.1, 0.15) is 6.23 Å². The fourth-order valence-electron chi connectivity index (χ4n) is 0.761. The van der Waals surface area contributed by atoms with Crippen LogP contribution in [-0.2, 0) is 0 Å². The minimum Gasteiger partial charge on any atom is -0.393 e. The first-order chi connectivity index (χ1) is 4.70. The minimum absolute atomic E-state index is 0.171. The largest absolute Gasteiger partial charge is 0.393 e. The smallest absolute Gasteiger partial charge is 0.129 e. The van der Waals surface area contributed by atoms with E-state index >= 15 is 0 Å². The summed E-state index contributed by atoms with van der Waals surface area (Å²) in [5.41, 5.74) is 1.65. The molecule has 4 heteroatoms. The summed E-state index contributed by atoms with van der Waals surface area (Å²) < 4.78 is 0. The van der Waals surface area contributed by atoms with Gasteiger partial charge in [0.2, 0.25) is 0 Å². The second-order valence-corrected chi connectivity index (χ2v) is 2.32. The molecule has 0 radical (unpaired) electrons. The van der Waals surface area contributed by atoms with Gasteiger partial charge in [0.05, 0.1) is 6.10 Å². The van der Waals surface area contributed by atoms with E-state index in [9.17, 15) is 0 Å². The van der Waals surface area contributed by atoms with Crippen LogP contribution in [0.25, 0.3) is 0 Å². The van der Waals surface area contributed by atoms with E-state index in [0.29, 0.717) is 6.42 Å². The van der Waals surface area contributed by atoms with Crippen molar-refractivity contribution < 1.29 is 15.4 Å². The fourth-order valence-corrected chi connectivity index (χ4v) is 0.761. The highest BCUT2D eigenvalue weighted by Gasteiger charge is 2.08. The molecule has 0 saturated heterocycles. The molecule has 4 nitrogen and oxygen atoms in total. The molecule has 0 saturated carbocycles. The third kappa shape index (κ3) is 4.69. The molecule has 4 N–H and O–H groups in total. The van der Waals surface area contributed by atoms with Crippen molar-refractivity contribution in [1.82, 2.24) is 5.48 Å². The zero-order valence-electron chi connectivity index (χ0n) is 6.12. The van der Waals surface area contributed by atoms with Gasteiger partial charge in [-0.05, 0) is 6.42 Å². The second-order valence-electron chi connectivity index (χ2n) is 2.32. The Bertz CT molecular complexity index is 79.4. The molecule has 0 spiro atoms. The molecule has 0 aliphatic carbocycles. The molecule has 0 fully saturated rings. The molecule has 2 unspecified atom stereocenters. The average Bonchev–Trinajstić information content (AvgIpc) is 1.88. The van der Waals surface area contributed by atoms with Crippen molar-refractivity contribution in [2.24, 2.45) is 0 Å². The Morgan fingerprint density at radius 2 is 2.00 bits per heavy atom. The zero-order valence-corrected chi connectivity index (χ0v) is 6.12. The van der Waals surface area contributed by atoms with E-state index in [-0.39, 0.29) is 6.42 Å². The first-order valence-electron chi connectivity index (χ1n) is 3.46. The van der Waals surface area contributed by atoms with Gasteiger partial charge in [0.15, 0.2) is 0 Å². The van der Waals surface area contributed by atoms with Gasteiger partial charge < -0.3 is 15.4 Å². The van der Waals surface area contributed by atoms with Crippen LogP contribution in [0, 0.1) is 0 Å². The third-order valence-corrected chi connectivity index (χ3v) is 1.27.